The molecular weight excluding hydrogens is 336 g/mol. The zero-order valence-corrected chi connectivity index (χ0v) is 15.8. The number of halogens is 1. The van der Waals surface area contributed by atoms with Gasteiger partial charge >= 0.3 is 0 Å². The van der Waals surface area contributed by atoms with Crippen molar-refractivity contribution < 1.29 is 9.90 Å². The lowest BCUT2D eigenvalue weighted by Crippen LogP contribution is -2.41. The van der Waals surface area contributed by atoms with Crippen molar-refractivity contribution >= 4 is 17.5 Å². The number of nitrogens with one attached hydrogen (secondary N) is 1. The molecule has 1 saturated carbocycles. The summed E-state index contributed by atoms with van der Waals surface area (Å²) in [6.07, 6.45) is 7.43. The van der Waals surface area contributed by atoms with E-state index in [1.165, 1.54) is 32.1 Å². The number of hydrogen-bond acceptors (Lipinski definition) is 3. The first-order valence-corrected chi connectivity index (χ1v) is 9.77. The third-order valence-corrected chi connectivity index (χ3v) is 5.62. The van der Waals surface area contributed by atoms with E-state index in [-0.39, 0.29) is 17.9 Å². The Morgan fingerprint density at radius 1 is 1.28 bits per heavy atom. The van der Waals surface area contributed by atoms with Gasteiger partial charge < -0.3 is 16.2 Å². The second kappa shape index (κ2) is 10.1. The van der Waals surface area contributed by atoms with Gasteiger partial charge in [0.25, 0.3) is 0 Å². The van der Waals surface area contributed by atoms with Gasteiger partial charge in [-0.05, 0) is 42.9 Å². The lowest BCUT2D eigenvalue weighted by molar-refractivity contribution is -0.125. The number of aliphatic hydroxyl groups is 1. The number of hydrogen-bond donors (Lipinski definition) is 3. The van der Waals surface area contributed by atoms with Crippen LogP contribution in [0.2, 0.25) is 5.02 Å². The molecule has 5 heteroatoms. The number of rotatable bonds is 8. The maximum atomic E-state index is 12.2. The summed E-state index contributed by atoms with van der Waals surface area (Å²) in [6.45, 7) is 0. The second-order valence-electron chi connectivity index (χ2n) is 7.35. The van der Waals surface area contributed by atoms with Crippen molar-refractivity contribution in [3.05, 3.63) is 34.9 Å². The molecule has 0 radical (unpaired) electrons. The summed E-state index contributed by atoms with van der Waals surface area (Å²) in [5.41, 5.74) is 7.29. The van der Waals surface area contributed by atoms with Gasteiger partial charge in [0.2, 0.25) is 5.91 Å². The van der Waals surface area contributed by atoms with Crippen molar-refractivity contribution in [1.29, 1.82) is 0 Å². The maximum absolute atomic E-state index is 12.2. The second-order valence-corrected chi connectivity index (χ2v) is 7.78. The van der Waals surface area contributed by atoms with Gasteiger partial charge in [-0.15, -0.1) is 0 Å². The van der Waals surface area contributed by atoms with Crippen LogP contribution >= 0.6 is 11.6 Å². The van der Waals surface area contributed by atoms with Gasteiger partial charge in [0.1, 0.15) is 0 Å². The zero-order valence-electron chi connectivity index (χ0n) is 15.1. The molecular formula is C20H31ClN2O2. The Balaban J connectivity index is 1.92. The SMILES string of the molecule is CNC(=O)[C@H](Cc1ccc(Cl)cc1)C[C@H](O)[C@@H](N)CC1CCCCC1. The van der Waals surface area contributed by atoms with Crippen molar-refractivity contribution in [3.8, 4) is 0 Å². The lowest BCUT2D eigenvalue weighted by atomic mass is 9.82. The van der Waals surface area contributed by atoms with Crippen molar-refractivity contribution in [2.24, 2.45) is 17.6 Å². The minimum atomic E-state index is -0.656. The molecule has 0 bridgehead atoms. The summed E-state index contributed by atoms with van der Waals surface area (Å²) < 4.78 is 0. The molecule has 4 N–H and O–H groups in total. The number of carbonyl (C=O) groups excluding carboxylic acids is 1. The Morgan fingerprint density at radius 2 is 1.92 bits per heavy atom. The monoisotopic (exact) mass is 366 g/mol. The van der Waals surface area contributed by atoms with Crippen LogP contribution in [0.5, 0.6) is 0 Å². The fraction of sp³-hybridized carbons (Fsp3) is 0.650. The van der Waals surface area contributed by atoms with E-state index < -0.39 is 6.10 Å². The van der Waals surface area contributed by atoms with Crippen LogP contribution in [0.25, 0.3) is 0 Å². The van der Waals surface area contributed by atoms with Crippen LogP contribution < -0.4 is 11.1 Å². The van der Waals surface area contributed by atoms with Gasteiger partial charge in [-0.25, -0.2) is 0 Å². The molecule has 0 aromatic heterocycles. The Labute approximate surface area is 156 Å². The smallest absolute Gasteiger partial charge is 0.223 e. The van der Waals surface area contributed by atoms with Crippen LogP contribution in [0.1, 0.15) is 50.5 Å². The highest BCUT2D eigenvalue weighted by molar-refractivity contribution is 6.30. The Kier molecular flexibility index (Phi) is 8.20. The van der Waals surface area contributed by atoms with Crippen LogP contribution in [-0.2, 0) is 11.2 Å². The fourth-order valence-corrected chi connectivity index (χ4v) is 3.95. The van der Waals surface area contributed by atoms with Crippen LogP contribution in [0.3, 0.4) is 0 Å². The fourth-order valence-electron chi connectivity index (χ4n) is 3.82. The lowest BCUT2D eigenvalue weighted by Gasteiger charge is -2.28. The van der Waals surface area contributed by atoms with E-state index >= 15 is 0 Å². The predicted molar refractivity (Wildman–Crippen MR) is 103 cm³/mol. The molecule has 1 aromatic carbocycles. The van der Waals surface area contributed by atoms with Gasteiger partial charge in [-0.2, -0.15) is 0 Å². The summed E-state index contributed by atoms with van der Waals surface area (Å²) in [4.78, 5) is 12.2. The first-order chi connectivity index (χ1) is 12.0. The van der Waals surface area contributed by atoms with Gasteiger partial charge in [0, 0.05) is 24.0 Å². The molecule has 1 aliphatic carbocycles. The molecule has 1 aliphatic rings. The van der Waals surface area contributed by atoms with Crippen molar-refractivity contribution in [3.63, 3.8) is 0 Å². The van der Waals surface area contributed by atoms with E-state index in [0.717, 1.165) is 12.0 Å². The van der Waals surface area contributed by atoms with Gasteiger partial charge in [-0.1, -0.05) is 55.8 Å². The summed E-state index contributed by atoms with van der Waals surface area (Å²) in [6, 6.07) is 7.23. The Bertz CT molecular complexity index is 529. The highest BCUT2D eigenvalue weighted by atomic mass is 35.5. The molecule has 2 rings (SSSR count). The Morgan fingerprint density at radius 3 is 2.52 bits per heavy atom. The van der Waals surface area contributed by atoms with E-state index in [9.17, 15) is 9.90 Å². The topological polar surface area (TPSA) is 75.3 Å². The van der Waals surface area contributed by atoms with Crippen LogP contribution in [0, 0.1) is 11.8 Å². The quantitative estimate of drug-likeness (QED) is 0.660. The first-order valence-electron chi connectivity index (χ1n) is 9.39. The number of nitrogens with two attached hydrogens (primary N) is 1. The molecule has 1 fully saturated rings. The van der Waals surface area contributed by atoms with E-state index in [4.69, 9.17) is 17.3 Å². The van der Waals surface area contributed by atoms with Gasteiger partial charge in [0.05, 0.1) is 6.10 Å². The molecule has 1 amide bonds. The average Bonchev–Trinajstić information content (AvgIpc) is 2.63. The first kappa shape index (κ1) is 20.2. The van der Waals surface area contributed by atoms with E-state index in [2.05, 4.69) is 5.32 Å². The largest absolute Gasteiger partial charge is 0.391 e. The van der Waals surface area contributed by atoms with Gasteiger partial charge in [-0.3, -0.25) is 4.79 Å². The van der Waals surface area contributed by atoms with Crippen molar-refractivity contribution in [1.82, 2.24) is 5.32 Å². The molecule has 0 unspecified atom stereocenters. The molecule has 0 heterocycles. The predicted octanol–water partition coefficient (Wildman–Crippen LogP) is 3.29. The molecule has 1 aromatic rings. The van der Waals surface area contributed by atoms with E-state index in [0.29, 0.717) is 23.8 Å². The Hall–Kier alpha value is -1.10. The van der Waals surface area contributed by atoms with Crippen molar-refractivity contribution in [2.75, 3.05) is 7.05 Å². The number of amides is 1. The number of carbonyl (C=O) groups is 1. The molecule has 4 nitrogen and oxygen atoms in total. The summed E-state index contributed by atoms with van der Waals surface area (Å²) in [5, 5.41) is 13.9. The third kappa shape index (κ3) is 6.61. The zero-order chi connectivity index (χ0) is 18.2. The summed E-state index contributed by atoms with van der Waals surface area (Å²) >= 11 is 5.92. The molecule has 0 spiro atoms. The van der Waals surface area contributed by atoms with Crippen LogP contribution in [0.4, 0.5) is 0 Å². The third-order valence-electron chi connectivity index (χ3n) is 5.36. The van der Waals surface area contributed by atoms with Crippen molar-refractivity contribution in [2.45, 2.75) is 63.5 Å². The van der Waals surface area contributed by atoms with E-state index in [1.807, 2.05) is 24.3 Å². The number of benzene rings is 1. The minimum absolute atomic E-state index is 0.0566. The summed E-state index contributed by atoms with van der Waals surface area (Å²) in [7, 11) is 1.63. The molecule has 0 saturated heterocycles. The van der Waals surface area contributed by atoms with E-state index in [1.54, 1.807) is 7.05 Å². The average molecular weight is 367 g/mol. The van der Waals surface area contributed by atoms with Crippen LogP contribution in [-0.4, -0.2) is 30.2 Å². The highest BCUT2D eigenvalue weighted by Gasteiger charge is 2.27. The molecule has 140 valence electrons. The molecule has 0 aliphatic heterocycles. The normalized spacial score (nSPS) is 19.2. The number of aliphatic hydroxyl groups excluding tert-OH is 1. The standard InChI is InChI=1S/C20H31ClN2O2/c1-23-20(25)16(11-15-7-9-17(21)10-8-15)13-19(24)18(22)12-14-5-3-2-4-6-14/h7-10,14,16,18-19,24H,2-6,11-13,22H2,1H3,(H,23,25)/t16-,18+,19+/m1/s1. The highest BCUT2D eigenvalue weighted by Crippen LogP contribution is 2.28. The van der Waals surface area contributed by atoms with Crippen LogP contribution in [0.15, 0.2) is 24.3 Å². The molecule has 3 atom stereocenters. The minimum Gasteiger partial charge on any atom is -0.391 e. The summed E-state index contributed by atoms with van der Waals surface area (Å²) in [5.74, 6) is 0.269. The van der Waals surface area contributed by atoms with Gasteiger partial charge in [0.15, 0.2) is 0 Å². The molecule has 25 heavy (non-hydrogen) atoms. The maximum Gasteiger partial charge on any atom is 0.223 e.